The van der Waals surface area contributed by atoms with Crippen LogP contribution >= 0.6 is 15.9 Å². The maximum absolute atomic E-state index is 11.2. The second kappa shape index (κ2) is 3.45. The predicted octanol–water partition coefficient (Wildman–Crippen LogP) is 1.99. The molecule has 1 fully saturated rings. The van der Waals surface area contributed by atoms with E-state index in [-0.39, 0.29) is 5.92 Å². The zero-order valence-electron chi connectivity index (χ0n) is 7.81. The van der Waals surface area contributed by atoms with Gasteiger partial charge in [0.2, 0.25) is 0 Å². The summed E-state index contributed by atoms with van der Waals surface area (Å²) in [7, 11) is 0. The van der Waals surface area contributed by atoms with E-state index in [1.807, 2.05) is 0 Å². The average molecular weight is 269 g/mol. The van der Waals surface area contributed by atoms with Gasteiger partial charge < -0.3 is 9.90 Å². The maximum Gasteiger partial charge on any atom is 0.314 e. The fourth-order valence-electron chi connectivity index (χ4n) is 1.90. The van der Waals surface area contributed by atoms with Gasteiger partial charge in [-0.25, -0.2) is 0 Å². The molecule has 78 valence electrons. The van der Waals surface area contributed by atoms with Crippen LogP contribution in [0.3, 0.4) is 0 Å². The van der Waals surface area contributed by atoms with Crippen molar-refractivity contribution in [3.63, 3.8) is 0 Å². The molecule has 2 rings (SSSR count). The minimum atomic E-state index is -0.970. The molecule has 2 unspecified atom stereocenters. The molecule has 15 heavy (non-hydrogen) atoms. The molecule has 1 saturated carbocycles. The first-order valence-electron chi connectivity index (χ1n) is 4.56. The highest BCUT2D eigenvalue weighted by Gasteiger charge is 2.61. The standard InChI is InChI=1S/C11H9BrO3/c12-9-3-1-7(2-4-9)11(10(14)15)5-8(11)6-13/h1-4,6,8H,5H2,(H,14,15). The summed E-state index contributed by atoms with van der Waals surface area (Å²) in [6.07, 6.45) is 1.14. The monoisotopic (exact) mass is 268 g/mol. The van der Waals surface area contributed by atoms with E-state index in [0.29, 0.717) is 12.0 Å². The first-order valence-corrected chi connectivity index (χ1v) is 5.35. The Balaban J connectivity index is 2.40. The lowest BCUT2D eigenvalue weighted by Gasteiger charge is -2.10. The molecule has 0 amide bonds. The van der Waals surface area contributed by atoms with Crippen LogP contribution in [0.15, 0.2) is 28.7 Å². The largest absolute Gasteiger partial charge is 0.481 e. The van der Waals surface area contributed by atoms with Crippen molar-refractivity contribution >= 4 is 28.2 Å². The Morgan fingerprint density at radius 3 is 2.47 bits per heavy atom. The fraction of sp³-hybridized carbons (Fsp3) is 0.273. The Morgan fingerprint density at radius 1 is 1.47 bits per heavy atom. The lowest BCUT2D eigenvalue weighted by molar-refractivity contribution is -0.141. The number of benzene rings is 1. The van der Waals surface area contributed by atoms with Gasteiger partial charge in [0.25, 0.3) is 0 Å². The molecule has 1 aliphatic rings. The van der Waals surface area contributed by atoms with Crippen molar-refractivity contribution in [1.29, 1.82) is 0 Å². The van der Waals surface area contributed by atoms with E-state index in [1.54, 1.807) is 24.3 Å². The van der Waals surface area contributed by atoms with Gasteiger partial charge in [0.05, 0.1) is 0 Å². The molecule has 0 heterocycles. The third-order valence-electron chi connectivity index (χ3n) is 2.92. The highest BCUT2D eigenvalue weighted by Crippen LogP contribution is 2.53. The van der Waals surface area contributed by atoms with Crippen LogP contribution in [-0.4, -0.2) is 17.4 Å². The second-order valence-electron chi connectivity index (χ2n) is 3.73. The maximum atomic E-state index is 11.2. The van der Waals surface area contributed by atoms with Crippen molar-refractivity contribution in [2.45, 2.75) is 11.8 Å². The number of aliphatic carboxylic acids is 1. The summed E-state index contributed by atoms with van der Waals surface area (Å²) in [4.78, 5) is 21.8. The number of rotatable bonds is 3. The number of carbonyl (C=O) groups excluding carboxylic acids is 1. The molecule has 4 heteroatoms. The molecule has 1 aromatic rings. The minimum Gasteiger partial charge on any atom is -0.481 e. The van der Waals surface area contributed by atoms with Crippen LogP contribution < -0.4 is 0 Å². The molecule has 0 spiro atoms. The van der Waals surface area contributed by atoms with E-state index in [9.17, 15) is 9.59 Å². The summed E-state index contributed by atoms with van der Waals surface area (Å²) in [5.74, 6) is -1.29. The van der Waals surface area contributed by atoms with Gasteiger partial charge in [0.1, 0.15) is 11.7 Å². The van der Waals surface area contributed by atoms with E-state index in [4.69, 9.17) is 5.11 Å². The number of carbonyl (C=O) groups is 2. The fourth-order valence-corrected chi connectivity index (χ4v) is 2.17. The Labute approximate surface area is 95.2 Å². The normalized spacial score (nSPS) is 28.5. The van der Waals surface area contributed by atoms with Crippen molar-refractivity contribution in [3.05, 3.63) is 34.3 Å². The SMILES string of the molecule is O=CC1CC1(C(=O)O)c1ccc(Br)cc1. The molecular formula is C11H9BrO3. The average Bonchev–Trinajstić information content (AvgIpc) is 2.94. The van der Waals surface area contributed by atoms with Gasteiger partial charge in [-0.2, -0.15) is 0 Å². The van der Waals surface area contributed by atoms with Crippen molar-refractivity contribution < 1.29 is 14.7 Å². The number of aldehydes is 1. The van der Waals surface area contributed by atoms with Crippen molar-refractivity contribution in [2.24, 2.45) is 5.92 Å². The third-order valence-corrected chi connectivity index (χ3v) is 3.45. The van der Waals surface area contributed by atoms with E-state index >= 15 is 0 Å². The number of halogens is 1. The topological polar surface area (TPSA) is 54.4 Å². The summed E-state index contributed by atoms with van der Waals surface area (Å²) in [5, 5.41) is 9.16. The molecule has 1 aromatic carbocycles. The minimum absolute atomic E-state index is 0.379. The van der Waals surface area contributed by atoms with E-state index in [1.165, 1.54) is 0 Å². The lowest BCUT2D eigenvalue weighted by atomic mass is 9.94. The first-order chi connectivity index (χ1) is 7.11. The molecule has 0 saturated heterocycles. The number of carboxylic acid groups (broad SMARTS) is 1. The Morgan fingerprint density at radius 2 is 2.07 bits per heavy atom. The number of carboxylic acids is 1. The van der Waals surface area contributed by atoms with Gasteiger partial charge in [-0.1, -0.05) is 28.1 Å². The summed E-state index contributed by atoms with van der Waals surface area (Å²) in [5.41, 5.74) is -0.266. The van der Waals surface area contributed by atoms with E-state index < -0.39 is 11.4 Å². The molecule has 0 aliphatic heterocycles. The summed E-state index contributed by atoms with van der Waals surface area (Å²) in [6.45, 7) is 0. The van der Waals surface area contributed by atoms with Gasteiger partial charge in [0.15, 0.2) is 0 Å². The molecule has 0 aromatic heterocycles. The summed E-state index contributed by atoms with van der Waals surface area (Å²) < 4.78 is 0.898. The molecule has 0 bridgehead atoms. The first kappa shape index (κ1) is 10.4. The van der Waals surface area contributed by atoms with Gasteiger partial charge >= 0.3 is 5.97 Å². The zero-order chi connectivity index (χ0) is 11.1. The van der Waals surface area contributed by atoms with Crippen LogP contribution in [-0.2, 0) is 15.0 Å². The van der Waals surface area contributed by atoms with Crippen LogP contribution in [0, 0.1) is 5.92 Å². The highest BCUT2D eigenvalue weighted by atomic mass is 79.9. The van der Waals surface area contributed by atoms with Crippen LogP contribution in [0.25, 0.3) is 0 Å². The molecule has 3 nitrogen and oxygen atoms in total. The zero-order valence-corrected chi connectivity index (χ0v) is 9.40. The summed E-state index contributed by atoms with van der Waals surface area (Å²) >= 11 is 3.28. The van der Waals surface area contributed by atoms with Crippen LogP contribution in [0.4, 0.5) is 0 Å². The smallest absolute Gasteiger partial charge is 0.314 e. The van der Waals surface area contributed by atoms with Crippen LogP contribution in [0.2, 0.25) is 0 Å². The quantitative estimate of drug-likeness (QED) is 0.854. The molecule has 1 N–H and O–H groups in total. The number of hydrogen-bond donors (Lipinski definition) is 1. The van der Waals surface area contributed by atoms with Gasteiger partial charge in [-0.15, -0.1) is 0 Å². The predicted molar refractivity (Wildman–Crippen MR) is 57.6 cm³/mol. The van der Waals surface area contributed by atoms with Crippen molar-refractivity contribution in [3.8, 4) is 0 Å². The second-order valence-corrected chi connectivity index (χ2v) is 4.65. The van der Waals surface area contributed by atoms with Crippen LogP contribution in [0.5, 0.6) is 0 Å². The third kappa shape index (κ3) is 1.49. The van der Waals surface area contributed by atoms with Crippen LogP contribution in [0.1, 0.15) is 12.0 Å². The number of hydrogen-bond acceptors (Lipinski definition) is 2. The van der Waals surface area contributed by atoms with Crippen molar-refractivity contribution in [1.82, 2.24) is 0 Å². The Kier molecular flexibility index (Phi) is 2.38. The Hall–Kier alpha value is -1.16. The summed E-state index contributed by atoms with van der Waals surface area (Å²) in [6, 6.07) is 7.09. The Bertz CT molecular complexity index is 412. The van der Waals surface area contributed by atoms with Gasteiger partial charge in [-0.05, 0) is 24.1 Å². The van der Waals surface area contributed by atoms with Gasteiger partial charge in [-0.3, -0.25) is 4.79 Å². The molecule has 0 radical (unpaired) electrons. The lowest BCUT2D eigenvalue weighted by Crippen LogP contribution is -2.22. The highest BCUT2D eigenvalue weighted by molar-refractivity contribution is 9.10. The van der Waals surface area contributed by atoms with Gasteiger partial charge in [0, 0.05) is 10.4 Å². The van der Waals surface area contributed by atoms with E-state index in [2.05, 4.69) is 15.9 Å². The van der Waals surface area contributed by atoms with E-state index in [0.717, 1.165) is 10.8 Å². The molecular weight excluding hydrogens is 260 g/mol. The van der Waals surface area contributed by atoms with Crippen molar-refractivity contribution in [2.75, 3.05) is 0 Å². The molecule has 1 aliphatic carbocycles. The molecule has 2 atom stereocenters.